The molecule has 0 spiro atoms. The maximum atomic E-state index is 12.4. The lowest BCUT2D eigenvalue weighted by Gasteiger charge is -2.17. The van der Waals surface area contributed by atoms with Crippen molar-refractivity contribution in [1.82, 2.24) is 4.98 Å². The first-order valence-corrected chi connectivity index (χ1v) is 8.00. The van der Waals surface area contributed by atoms with Crippen molar-refractivity contribution in [3.8, 4) is 11.1 Å². The van der Waals surface area contributed by atoms with E-state index in [-0.39, 0.29) is 12.5 Å². The monoisotopic (exact) mass is 333 g/mol. The van der Waals surface area contributed by atoms with Gasteiger partial charge in [0.1, 0.15) is 6.04 Å². The van der Waals surface area contributed by atoms with Crippen LogP contribution in [0.4, 0.5) is 11.4 Å². The van der Waals surface area contributed by atoms with Crippen molar-refractivity contribution in [2.75, 3.05) is 17.2 Å². The van der Waals surface area contributed by atoms with Crippen LogP contribution in [-0.4, -0.2) is 28.6 Å². The Morgan fingerprint density at radius 2 is 1.52 bits per heavy atom. The molecule has 1 unspecified atom stereocenters. The molecule has 2 aromatic carbocycles. The number of carbonyl (C=O) groups is 1. The van der Waals surface area contributed by atoms with Gasteiger partial charge in [-0.1, -0.05) is 30.3 Å². The summed E-state index contributed by atoms with van der Waals surface area (Å²) in [6, 6.07) is 20.0. The highest BCUT2D eigenvalue weighted by atomic mass is 16.3. The van der Waals surface area contributed by atoms with Crippen LogP contribution >= 0.6 is 0 Å². The van der Waals surface area contributed by atoms with E-state index in [4.69, 9.17) is 0 Å². The summed E-state index contributed by atoms with van der Waals surface area (Å²) >= 11 is 0. The van der Waals surface area contributed by atoms with Crippen LogP contribution in [0.5, 0.6) is 0 Å². The van der Waals surface area contributed by atoms with Gasteiger partial charge in [-0.2, -0.15) is 0 Å². The van der Waals surface area contributed by atoms with Gasteiger partial charge in [0.2, 0.25) is 5.91 Å². The van der Waals surface area contributed by atoms with Gasteiger partial charge >= 0.3 is 0 Å². The van der Waals surface area contributed by atoms with Crippen LogP contribution in [0.1, 0.15) is 0 Å². The summed E-state index contributed by atoms with van der Waals surface area (Å²) in [6.07, 6.45) is 3.48. The smallest absolute Gasteiger partial charge is 0.249 e. The molecule has 0 radical (unpaired) electrons. The van der Waals surface area contributed by atoms with E-state index in [0.29, 0.717) is 5.69 Å². The first kappa shape index (κ1) is 16.7. The number of hydrogen-bond acceptors (Lipinski definition) is 4. The molecule has 0 bridgehead atoms. The predicted octanol–water partition coefficient (Wildman–Crippen LogP) is 3.16. The second-order valence-electron chi connectivity index (χ2n) is 5.55. The number of pyridine rings is 1. The molecule has 0 saturated heterocycles. The van der Waals surface area contributed by atoms with E-state index in [1.165, 1.54) is 0 Å². The van der Waals surface area contributed by atoms with Gasteiger partial charge in [-0.05, 0) is 47.5 Å². The van der Waals surface area contributed by atoms with E-state index in [1.54, 1.807) is 12.4 Å². The van der Waals surface area contributed by atoms with Gasteiger partial charge in [0, 0.05) is 23.8 Å². The Hall–Kier alpha value is -3.18. The van der Waals surface area contributed by atoms with Crippen LogP contribution in [0, 0.1) is 0 Å². The van der Waals surface area contributed by atoms with Crippen molar-refractivity contribution >= 4 is 17.3 Å². The molecule has 0 fully saturated rings. The molecular formula is C20H19N3O2. The van der Waals surface area contributed by atoms with Crippen LogP contribution < -0.4 is 10.6 Å². The van der Waals surface area contributed by atoms with E-state index >= 15 is 0 Å². The Morgan fingerprint density at radius 3 is 2.16 bits per heavy atom. The van der Waals surface area contributed by atoms with Gasteiger partial charge < -0.3 is 15.7 Å². The predicted molar refractivity (Wildman–Crippen MR) is 99.2 cm³/mol. The standard InChI is InChI=1S/C20H19N3O2/c24-14-19(22-17-4-2-1-3-5-17)20(25)23-18-8-6-15(7-9-18)16-10-12-21-13-11-16/h1-13,19,22,24H,14H2,(H,23,25). The van der Waals surface area contributed by atoms with E-state index in [1.807, 2.05) is 66.7 Å². The minimum absolute atomic E-state index is 0.289. The summed E-state index contributed by atoms with van der Waals surface area (Å²) in [5.41, 5.74) is 3.56. The molecule has 3 N–H and O–H groups in total. The highest BCUT2D eigenvalue weighted by molar-refractivity contribution is 5.96. The molecule has 0 aliphatic rings. The van der Waals surface area contributed by atoms with Gasteiger partial charge in [-0.25, -0.2) is 0 Å². The van der Waals surface area contributed by atoms with Gasteiger partial charge in [0.05, 0.1) is 6.61 Å². The lowest BCUT2D eigenvalue weighted by Crippen LogP contribution is -2.37. The van der Waals surface area contributed by atoms with Crippen LogP contribution in [0.3, 0.4) is 0 Å². The van der Waals surface area contributed by atoms with Crippen molar-refractivity contribution < 1.29 is 9.90 Å². The zero-order valence-corrected chi connectivity index (χ0v) is 13.6. The van der Waals surface area contributed by atoms with Crippen molar-refractivity contribution in [1.29, 1.82) is 0 Å². The minimum Gasteiger partial charge on any atom is -0.394 e. The van der Waals surface area contributed by atoms with Crippen LogP contribution in [0.25, 0.3) is 11.1 Å². The van der Waals surface area contributed by atoms with Gasteiger partial charge in [0.15, 0.2) is 0 Å². The number of amides is 1. The second-order valence-corrected chi connectivity index (χ2v) is 5.55. The number of aromatic nitrogens is 1. The highest BCUT2D eigenvalue weighted by Gasteiger charge is 2.17. The van der Waals surface area contributed by atoms with Crippen molar-refractivity contribution in [3.05, 3.63) is 79.1 Å². The molecule has 3 aromatic rings. The lowest BCUT2D eigenvalue weighted by molar-refractivity contribution is -0.117. The summed E-state index contributed by atoms with van der Waals surface area (Å²) < 4.78 is 0. The second kappa shape index (κ2) is 8.08. The van der Waals surface area contributed by atoms with E-state index in [9.17, 15) is 9.90 Å². The fraction of sp³-hybridized carbons (Fsp3) is 0.100. The molecule has 25 heavy (non-hydrogen) atoms. The molecule has 5 heteroatoms. The summed E-state index contributed by atoms with van der Waals surface area (Å²) in [5, 5.41) is 15.3. The van der Waals surface area contributed by atoms with Gasteiger partial charge in [-0.15, -0.1) is 0 Å². The number of aliphatic hydroxyl groups is 1. The molecule has 0 saturated carbocycles. The zero-order valence-electron chi connectivity index (χ0n) is 13.6. The number of carbonyl (C=O) groups excluding carboxylic acids is 1. The largest absolute Gasteiger partial charge is 0.394 e. The molecule has 126 valence electrons. The number of nitrogens with one attached hydrogen (secondary N) is 2. The number of rotatable bonds is 6. The summed E-state index contributed by atoms with van der Waals surface area (Å²) in [5.74, 6) is -0.289. The third kappa shape index (κ3) is 4.43. The fourth-order valence-corrected chi connectivity index (χ4v) is 2.45. The Labute approximate surface area is 146 Å². The third-order valence-corrected chi connectivity index (χ3v) is 3.78. The molecule has 1 aromatic heterocycles. The first-order chi connectivity index (χ1) is 12.3. The molecule has 1 heterocycles. The molecule has 0 aliphatic heterocycles. The van der Waals surface area contributed by atoms with Crippen LogP contribution in [0.2, 0.25) is 0 Å². The average Bonchev–Trinajstić information content (AvgIpc) is 2.68. The molecule has 0 aliphatic carbocycles. The normalized spacial score (nSPS) is 11.6. The number of benzene rings is 2. The van der Waals surface area contributed by atoms with Gasteiger partial charge in [-0.3, -0.25) is 9.78 Å². The molecule has 5 nitrogen and oxygen atoms in total. The summed E-state index contributed by atoms with van der Waals surface area (Å²) in [4.78, 5) is 16.4. The SMILES string of the molecule is O=C(Nc1ccc(-c2ccncc2)cc1)C(CO)Nc1ccccc1. The third-order valence-electron chi connectivity index (χ3n) is 3.78. The Bertz CT molecular complexity index is 805. The minimum atomic E-state index is -0.720. The van der Waals surface area contributed by atoms with Crippen LogP contribution in [0.15, 0.2) is 79.1 Å². The molecule has 1 amide bonds. The Balaban J connectivity index is 1.65. The van der Waals surface area contributed by atoms with Crippen molar-refractivity contribution in [3.63, 3.8) is 0 Å². The zero-order chi connectivity index (χ0) is 17.5. The average molecular weight is 333 g/mol. The highest BCUT2D eigenvalue weighted by Crippen LogP contribution is 2.20. The maximum absolute atomic E-state index is 12.4. The summed E-state index contributed by atoms with van der Waals surface area (Å²) in [6.45, 7) is -0.296. The first-order valence-electron chi connectivity index (χ1n) is 8.00. The lowest BCUT2D eigenvalue weighted by atomic mass is 10.1. The molecular weight excluding hydrogens is 314 g/mol. The summed E-state index contributed by atoms with van der Waals surface area (Å²) in [7, 11) is 0. The number of nitrogens with zero attached hydrogens (tertiary/aromatic N) is 1. The van der Waals surface area contributed by atoms with Crippen molar-refractivity contribution in [2.24, 2.45) is 0 Å². The Morgan fingerprint density at radius 1 is 0.880 bits per heavy atom. The number of hydrogen-bond donors (Lipinski definition) is 3. The van der Waals surface area contributed by atoms with Crippen molar-refractivity contribution in [2.45, 2.75) is 6.04 Å². The van der Waals surface area contributed by atoms with E-state index in [0.717, 1.165) is 16.8 Å². The van der Waals surface area contributed by atoms with Crippen LogP contribution in [-0.2, 0) is 4.79 Å². The topological polar surface area (TPSA) is 74.2 Å². The van der Waals surface area contributed by atoms with Gasteiger partial charge in [0.25, 0.3) is 0 Å². The maximum Gasteiger partial charge on any atom is 0.249 e. The number of aliphatic hydroxyl groups excluding tert-OH is 1. The fourth-order valence-electron chi connectivity index (χ4n) is 2.45. The number of anilines is 2. The van der Waals surface area contributed by atoms with E-state index in [2.05, 4.69) is 15.6 Å². The molecule has 3 rings (SSSR count). The quantitative estimate of drug-likeness (QED) is 0.648. The van der Waals surface area contributed by atoms with E-state index < -0.39 is 6.04 Å². The molecule has 1 atom stereocenters. The Kier molecular flexibility index (Phi) is 5.39. The number of para-hydroxylation sites is 1.